The van der Waals surface area contributed by atoms with Crippen LogP contribution in [-0.4, -0.2) is 17.4 Å². The quantitative estimate of drug-likeness (QED) is 0.753. The van der Waals surface area contributed by atoms with Crippen molar-refractivity contribution < 1.29 is 9.53 Å². The maximum Gasteiger partial charge on any atom is 0.244 e. The molecule has 0 aliphatic rings. The van der Waals surface area contributed by atoms with Gasteiger partial charge in [0.05, 0.1) is 0 Å². The van der Waals surface area contributed by atoms with E-state index >= 15 is 0 Å². The van der Waals surface area contributed by atoms with Crippen LogP contribution >= 0.6 is 15.9 Å². The van der Waals surface area contributed by atoms with Gasteiger partial charge in [-0.3, -0.25) is 9.78 Å². The number of carbonyl (C=O) groups is 1. The summed E-state index contributed by atoms with van der Waals surface area (Å²) in [7, 11) is 0. The highest BCUT2D eigenvalue weighted by atomic mass is 79.9. The van der Waals surface area contributed by atoms with E-state index in [4.69, 9.17) is 4.74 Å². The molecule has 0 radical (unpaired) electrons. The zero-order valence-corrected chi connectivity index (χ0v) is 14.1. The first-order chi connectivity index (χ1) is 11.1. The van der Waals surface area contributed by atoms with Gasteiger partial charge in [-0.25, -0.2) is 0 Å². The molecule has 0 aliphatic carbocycles. The van der Waals surface area contributed by atoms with E-state index in [2.05, 4.69) is 32.8 Å². The monoisotopic (exact) mass is 372 g/mol. The second-order valence-corrected chi connectivity index (χ2v) is 5.91. The number of nitrogens with zero attached hydrogens (tertiary/aromatic N) is 1. The van der Waals surface area contributed by atoms with Crippen LogP contribution in [0, 0.1) is 0 Å². The summed E-state index contributed by atoms with van der Waals surface area (Å²) in [6, 6.07) is 11.4. The topological polar surface area (TPSA) is 51.2 Å². The molecule has 0 bridgehead atoms. The number of hydrogen-bond acceptors (Lipinski definition) is 3. The Kier molecular flexibility index (Phi) is 6.56. The third-order valence-corrected chi connectivity index (χ3v) is 3.17. The van der Waals surface area contributed by atoms with Gasteiger partial charge in [-0.1, -0.05) is 40.7 Å². The fourth-order valence-corrected chi connectivity index (χ4v) is 1.88. The molecule has 5 heteroatoms. The zero-order chi connectivity index (χ0) is 16.5. The summed E-state index contributed by atoms with van der Waals surface area (Å²) < 4.78 is 6.41. The van der Waals surface area contributed by atoms with E-state index in [9.17, 15) is 4.79 Å². The van der Waals surface area contributed by atoms with Gasteiger partial charge in [0.15, 0.2) is 0 Å². The van der Waals surface area contributed by atoms with Crippen LogP contribution in [0.5, 0.6) is 5.75 Å². The van der Waals surface area contributed by atoms with Crippen molar-refractivity contribution in [3.63, 3.8) is 0 Å². The standard InChI is InChI=1S/C18H17BrN2O2/c1-14(19)11-21-18(22)9-6-15-4-7-17(8-5-15)23-13-16-3-2-10-20-12-16/h2-10,12H,1,11,13H2,(H,21,22)/b9-6+. The number of nitrogens with one attached hydrogen (secondary N) is 1. The molecule has 1 N–H and O–H groups in total. The summed E-state index contributed by atoms with van der Waals surface area (Å²) >= 11 is 3.19. The van der Waals surface area contributed by atoms with E-state index in [-0.39, 0.29) is 5.91 Å². The molecule has 1 aromatic carbocycles. The summed E-state index contributed by atoms with van der Waals surface area (Å²) in [5.41, 5.74) is 1.94. The average molecular weight is 373 g/mol. The van der Waals surface area contributed by atoms with E-state index in [1.54, 1.807) is 18.5 Å². The summed E-state index contributed by atoms with van der Waals surface area (Å²) in [4.78, 5) is 15.6. The predicted octanol–water partition coefficient (Wildman–Crippen LogP) is 3.70. The van der Waals surface area contributed by atoms with Gasteiger partial charge in [0.25, 0.3) is 0 Å². The van der Waals surface area contributed by atoms with E-state index in [1.807, 2.05) is 36.4 Å². The Bertz CT molecular complexity index is 682. The van der Waals surface area contributed by atoms with Crippen molar-refractivity contribution >= 4 is 27.9 Å². The van der Waals surface area contributed by atoms with Gasteiger partial charge in [0, 0.05) is 35.1 Å². The number of ether oxygens (including phenoxy) is 1. The molecule has 23 heavy (non-hydrogen) atoms. The lowest BCUT2D eigenvalue weighted by molar-refractivity contribution is -0.116. The highest BCUT2D eigenvalue weighted by molar-refractivity contribution is 9.11. The number of rotatable bonds is 7. The van der Waals surface area contributed by atoms with Crippen LogP contribution in [0.25, 0.3) is 6.08 Å². The van der Waals surface area contributed by atoms with E-state index in [1.165, 1.54) is 6.08 Å². The largest absolute Gasteiger partial charge is 0.489 e. The molecule has 1 aromatic heterocycles. The highest BCUT2D eigenvalue weighted by Gasteiger charge is 1.98. The molecule has 2 aromatic rings. The van der Waals surface area contributed by atoms with Crippen molar-refractivity contribution in [1.29, 1.82) is 0 Å². The Morgan fingerprint density at radius 1 is 1.30 bits per heavy atom. The highest BCUT2D eigenvalue weighted by Crippen LogP contribution is 2.14. The van der Waals surface area contributed by atoms with Crippen molar-refractivity contribution in [1.82, 2.24) is 10.3 Å². The summed E-state index contributed by atoms with van der Waals surface area (Å²) in [6.07, 6.45) is 6.74. The molecule has 0 unspecified atom stereocenters. The molecule has 0 aliphatic heterocycles. The molecule has 1 amide bonds. The van der Waals surface area contributed by atoms with Crippen LogP contribution in [-0.2, 0) is 11.4 Å². The van der Waals surface area contributed by atoms with Crippen LogP contribution in [0.4, 0.5) is 0 Å². The van der Waals surface area contributed by atoms with Crippen molar-refractivity contribution in [2.45, 2.75) is 6.61 Å². The van der Waals surface area contributed by atoms with Gasteiger partial charge in [0.2, 0.25) is 5.91 Å². The van der Waals surface area contributed by atoms with Gasteiger partial charge >= 0.3 is 0 Å². The summed E-state index contributed by atoms with van der Waals surface area (Å²) in [5, 5.41) is 2.70. The van der Waals surface area contributed by atoms with Gasteiger partial charge in [0.1, 0.15) is 12.4 Å². The van der Waals surface area contributed by atoms with Crippen LogP contribution in [0.2, 0.25) is 0 Å². The van der Waals surface area contributed by atoms with E-state index < -0.39 is 0 Å². The molecule has 1 heterocycles. The minimum Gasteiger partial charge on any atom is -0.489 e. The second-order valence-electron chi connectivity index (χ2n) is 4.79. The molecular formula is C18H17BrN2O2. The first-order valence-electron chi connectivity index (χ1n) is 7.04. The second kappa shape index (κ2) is 8.90. The van der Waals surface area contributed by atoms with Crippen LogP contribution < -0.4 is 10.1 Å². The van der Waals surface area contributed by atoms with Gasteiger partial charge < -0.3 is 10.1 Å². The Labute approximate surface area is 144 Å². The molecular weight excluding hydrogens is 356 g/mol. The number of amides is 1. The number of carbonyl (C=O) groups excluding carboxylic acids is 1. The van der Waals surface area contributed by atoms with Crippen LogP contribution in [0.3, 0.4) is 0 Å². The minimum atomic E-state index is -0.164. The summed E-state index contributed by atoms with van der Waals surface area (Å²) in [5.74, 6) is 0.605. The normalized spacial score (nSPS) is 10.5. The van der Waals surface area contributed by atoms with Gasteiger partial charge in [-0.05, 0) is 29.8 Å². The Balaban J connectivity index is 1.84. The Hall–Kier alpha value is -2.40. The maximum atomic E-state index is 11.6. The fourth-order valence-electron chi connectivity index (χ4n) is 1.74. The predicted molar refractivity (Wildman–Crippen MR) is 95.1 cm³/mol. The SMILES string of the molecule is C=C(Br)CNC(=O)/C=C/c1ccc(OCc2cccnc2)cc1. The lowest BCUT2D eigenvalue weighted by Gasteiger charge is -2.06. The number of aromatic nitrogens is 1. The number of hydrogen-bond donors (Lipinski definition) is 1. The lowest BCUT2D eigenvalue weighted by Crippen LogP contribution is -2.21. The Morgan fingerprint density at radius 2 is 2.09 bits per heavy atom. The third-order valence-electron chi connectivity index (χ3n) is 2.89. The van der Waals surface area contributed by atoms with Crippen molar-refractivity contribution in [3.05, 3.63) is 77.1 Å². The average Bonchev–Trinajstić information content (AvgIpc) is 2.58. The van der Waals surface area contributed by atoms with Crippen LogP contribution in [0.1, 0.15) is 11.1 Å². The third kappa shape index (κ3) is 6.48. The molecule has 0 atom stereocenters. The molecule has 0 saturated heterocycles. The Morgan fingerprint density at radius 3 is 2.74 bits per heavy atom. The van der Waals surface area contributed by atoms with Crippen molar-refractivity contribution in [3.8, 4) is 5.75 Å². The summed E-state index contributed by atoms with van der Waals surface area (Å²) in [6.45, 7) is 4.54. The minimum absolute atomic E-state index is 0.164. The maximum absolute atomic E-state index is 11.6. The number of benzene rings is 1. The molecule has 2 rings (SSSR count). The van der Waals surface area contributed by atoms with Crippen molar-refractivity contribution in [2.24, 2.45) is 0 Å². The number of halogens is 1. The molecule has 118 valence electrons. The molecule has 0 saturated carbocycles. The van der Waals surface area contributed by atoms with Crippen LogP contribution in [0.15, 0.2) is 65.9 Å². The van der Waals surface area contributed by atoms with Crippen molar-refractivity contribution in [2.75, 3.05) is 6.54 Å². The van der Waals surface area contributed by atoms with Gasteiger partial charge in [-0.15, -0.1) is 0 Å². The first-order valence-corrected chi connectivity index (χ1v) is 7.84. The van der Waals surface area contributed by atoms with Gasteiger partial charge in [-0.2, -0.15) is 0 Å². The fraction of sp³-hybridized carbons (Fsp3) is 0.111. The first kappa shape index (κ1) is 17.0. The van der Waals surface area contributed by atoms with E-state index in [0.717, 1.165) is 21.4 Å². The lowest BCUT2D eigenvalue weighted by atomic mass is 10.2. The number of pyridine rings is 1. The molecule has 4 nitrogen and oxygen atoms in total. The zero-order valence-electron chi connectivity index (χ0n) is 12.5. The van der Waals surface area contributed by atoms with E-state index in [0.29, 0.717) is 13.2 Å². The molecule has 0 spiro atoms. The molecule has 0 fully saturated rings. The smallest absolute Gasteiger partial charge is 0.244 e.